The standard InChI is InChI=1S/C16H15N3O3S/c20-15(21)11-22-14-8-6-12(7-9-14)10-17-19-16(23)18-13-4-2-1-3-5-13/h1-10H,11H2,(H,20,21)(H2,18,19,23)/b17-10-. The summed E-state index contributed by atoms with van der Waals surface area (Å²) in [5.41, 5.74) is 4.41. The number of hydrazone groups is 1. The smallest absolute Gasteiger partial charge is 0.341 e. The van der Waals surface area contributed by atoms with E-state index in [0.717, 1.165) is 11.3 Å². The highest BCUT2D eigenvalue weighted by Crippen LogP contribution is 2.10. The molecule has 0 spiro atoms. The molecule has 0 aromatic heterocycles. The zero-order valence-corrected chi connectivity index (χ0v) is 12.9. The lowest BCUT2D eigenvalue weighted by Gasteiger charge is -2.06. The molecule has 6 nitrogen and oxygen atoms in total. The van der Waals surface area contributed by atoms with Crippen LogP contribution in [-0.4, -0.2) is 29.0 Å². The highest BCUT2D eigenvalue weighted by Gasteiger charge is 1.99. The van der Waals surface area contributed by atoms with E-state index in [-0.39, 0.29) is 6.61 Å². The van der Waals surface area contributed by atoms with Crippen molar-refractivity contribution in [1.29, 1.82) is 0 Å². The average Bonchev–Trinajstić information content (AvgIpc) is 2.55. The first-order valence-corrected chi connectivity index (χ1v) is 7.14. The van der Waals surface area contributed by atoms with Crippen LogP contribution >= 0.6 is 12.2 Å². The van der Waals surface area contributed by atoms with Crippen LogP contribution in [0.15, 0.2) is 59.7 Å². The number of rotatable bonds is 6. The fraction of sp³-hybridized carbons (Fsp3) is 0.0625. The maximum Gasteiger partial charge on any atom is 0.341 e. The van der Waals surface area contributed by atoms with Gasteiger partial charge in [-0.3, -0.25) is 5.43 Å². The lowest BCUT2D eigenvalue weighted by atomic mass is 10.2. The number of carboxylic acid groups (broad SMARTS) is 1. The van der Waals surface area contributed by atoms with E-state index < -0.39 is 5.97 Å². The molecule has 0 aliphatic rings. The van der Waals surface area contributed by atoms with Crippen LogP contribution in [0.2, 0.25) is 0 Å². The Morgan fingerprint density at radius 1 is 1.17 bits per heavy atom. The summed E-state index contributed by atoms with van der Waals surface area (Å²) in [6, 6.07) is 16.4. The van der Waals surface area contributed by atoms with Gasteiger partial charge in [-0.1, -0.05) is 18.2 Å². The molecule has 7 heteroatoms. The Morgan fingerprint density at radius 2 is 1.87 bits per heavy atom. The van der Waals surface area contributed by atoms with Crippen LogP contribution in [0.4, 0.5) is 5.69 Å². The number of ether oxygens (including phenoxy) is 1. The monoisotopic (exact) mass is 329 g/mol. The molecule has 0 amide bonds. The van der Waals surface area contributed by atoms with E-state index in [1.807, 2.05) is 30.3 Å². The van der Waals surface area contributed by atoms with Gasteiger partial charge in [-0.2, -0.15) is 5.10 Å². The third kappa shape index (κ3) is 6.15. The van der Waals surface area contributed by atoms with Crippen LogP contribution in [0.5, 0.6) is 5.75 Å². The molecule has 23 heavy (non-hydrogen) atoms. The number of nitrogens with one attached hydrogen (secondary N) is 2. The summed E-state index contributed by atoms with van der Waals surface area (Å²) >= 11 is 5.12. The zero-order chi connectivity index (χ0) is 16.5. The molecule has 2 aromatic rings. The van der Waals surface area contributed by atoms with Gasteiger partial charge in [0, 0.05) is 5.69 Å². The molecule has 0 heterocycles. The van der Waals surface area contributed by atoms with E-state index in [4.69, 9.17) is 22.1 Å². The summed E-state index contributed by atoms with van der Waals surface area (Å²) < 4.78 is 5.04. The van der Waals surface area contributed by atoms with Crippen LogP contribution < -0.4 is 15.5 Å². The van der Waals surface area contributed by atoms with Crippen molar-refractivity contribution in [2.45, 2.75) is 0 Å². The fourth-order valence-corrected chi connectivity index (χ4v) is 1.81. The molecular formula is C16H15N3O3S. The van der Waals surface area contributed by atoms with E-state index in [2.05, 4.69) is 15.8 Å². The number of carbonyl (C=O) groups is 1. The first-order valence-electron chi connectivity index (χ1n) is 6.73. The number of aliphatic carboxylic acids is 1. The van der Waals surface area contributed by atoms with Gasteiger partial charge in [0.2, 0.25) is 0 Å². The van der Waals surface area contributed by atoms with Crippen molar-refractivity contribution in [2.24, 2.45) is 5.10 Å². The largest absolute Gasteiger partial charge is 0.482 e. The molecule has 118 valence electrons. The Kier molecular flexibility index (Phi) is 6.07. The van der Waals surface area contributed by atoms with Gasteiger partial charge in [0.25, 0.3) is 0 Å². The molecule has 0 saturated carbocycles. The predicted molar refractivity (Wildman–Crippen MR) is 93.0 cm³/mol. The highest BCUT2D eigenvalue weighted by molar-refractivity contribution is 7.80. The highest BCUT2D eigenvalue weighted by atomic mass is 32.1. The number of thiocarbonyl (C=S) groups is 1. The van der Waals surface area contributed by atoms with Crippen molar-refractivity contribution in [1.82, 2.24) is 5.43 Å². The average molecular weight is 329 g/mol. The van der Waals surface area contributed by atoms with Gasteiger partial charge >= 0.3 is 5.97 Å². The summed E-state index contributed by atoms with van der Waals surface area (Å²) in [6.07, 6.45) is 1.60. The Bertz CT molecular complexity index is 687. The minimum atomic E-state index is -1.01. The molecule has 0 aliphatic carbocycles. The minimum Gasteiger partial charge on any atom is -0.482 e. The molecule has 2 rings (SSSR count). The van der Waals surface area contributed by atoms with Crippen molar-refractivity contribution in [2.75, 3.05) is 11.9 Å². The molecule has 0 unspecified atom stereocenters. The minimum absolute atomic E-state index is 0.367. The number of nitrogens with zero attached hydrogens (tertiary/aromatic N) is 1. The molecule has 0 bridgehead atoms. The maximum absolute atomic E-state index is 10.4. The molecule has 0 saturated heterocycles. The lowest BCUT2D eigenvalue weighted by Crippen LogP contribution is -2.23. The molecule has 2 aromatic carbocycles. The van der Waals surface area contributed by atoms with E-state index in [1.165, 1.54) is 0 Å². The van der Waals surface area contributed by atoms with Crippen LogP contribution in [-0.2, 0) is 4.79 Å². The first kappa shape index (κ1) is 16.4. The number of benzene rings is 2. The predicted octanol–water partition coefficient (Wildman–Crippen LogP) is 2.47. The summed E-state index contributed by atoms with van der Waals surface area (Å²) in [7, 11) is 0. The van der Waals surface area contributed by atoms with Gasteiger partial charge in [0.15, 0.2) is 11.7 Å². The molecule has 0 aliphatic heterocycles. The first-order chi connectivity index (χ1) is 11.1. The van der Waals surface area contributed by atoms with E-state index >= 15 is 0 Å². The van der Waals surface area contributed by atoms with Crippen molar-refractivity contribution < 1.29 is 14.6 Å². The van der Waals surface area contributed by atoms with Gasteiger partial charge in [-0.15, -0.1) is 0 Å². The summed E-state index contributed by atoms with van der Waals surface area (Å²) in [5, 5.41) is 15.9. The second-order valence-electron chi connectivity index (χ2n) is 4.44. The molecule has 0 fully saturated rings. The summed E-state index contributed by atoms with van der Waals surface area (Å²) in [5.74, 6) is -0.530. The van der Waals surface area contributed by atoms with E-state index in [0.29, 0.717) is 10.9 Å². The van der Waals surface area contributed by atoms with Crippen molar-refractivity contribution in [3.8, 4) is 5.75 Å². The topological polar surface area (TPSA) is 83.0 Å². The third-order valence-electron chi connectivity index (χ3n) is 2.65. The number of hydrogen-bond donors (Lipinski definition) is 3. The molecular weight excluding hydrogens is 314 g/mol. The number of para-hydroxylation sites is 1. The second-order valence-corrected chi connectivity index (χ2v) is 4.85. The van der Waals surface area contributed by atoms with Crippen LogP contribution in [0.25, 0.3) is 0 Å². The normalized spacial score (nSPS) is 10.3. The number of hydrogen-bond acceptors (Lipinski definition) is 4. The van der Waals surface area contributed by atoms with Crippen LogP contribution in [0.3, 0.4) is 0 Å². The quantitative estimate of drug-likeness (QED) is 0.429. The molecule has 3 N–H and O–H groups in total. The Labute approximate surface area is 138 Å². The van der Waals surface area contributed by atoms with Gasteiger partial charge < -0.3 is 15.2 Å². The summed E-state index contributed by atoms with van der Waals surface area (Å²) in [4.78, 5) is 10.4. The van der Waals surface area contributed by atoms with Crippen molar-refractivity contribution in [3.05, 3.63) is 60.2 Å². The van der Waals surface area contributed by atoms with Crippen LogP contribution in [0, 0.1) is 0 Å². The molecule has 0 radical (unpaired) electrons. The van der Waals surface area contributed by atoms with Gasteiger partial charge in [0.05, 0.1) is 6.21 Å². The summed E-state index contributed by atoms with van der Waals surface area (Å²) in [6.45, 7) is -0.367. The van der Waals surface area contributed by atoms with E-state index in [9.17, 15) is 4.79 Å². The third-order valence-corrected chi connectivity index (χ3v) is 2.85. The second kappa shape index (κ2) is 8.50. The lowest BCUT2D eigenvalue weighted by molar-refractivity contribution is -0.139. The zero-order valence-electron chi connectivity index (χ0n) is 12.1. The van der Waals surface area contributed by atoms with Crippen molar-refractivity contribution >= 4 is 35.2 Å². The number of carboxylic acids is 1. The number of anilines is 1. The van der Waals surface area contributed by atoms with Crippen LogP contribution in [0.1, 0.15) is 5.56 Å². The van der Waals surface area contributed by atoms with E-state index in [1.54, 1.807) is 30.5 Å². The van der Waals surface area contributed by atoms with Gasteiger partial charge in [-0.05, 0) is 54.2 Å². The Morgan fingerprint density at radius 3 is 2.52 bits per heavy atom. The Hall–Kier alpha value is -2.93. The molecule has 0 atom stereocenters. The van der Waals surface area contributed by atoms with Crippen molar-refractivity contribution in [3.63, 3.8) is 0 Å². The Balaban J connectivity index is 1.81. The fourth-order valence-electron chi connectivity index (χ4n) is 1.64. The maximum atomic E-state index is 10.4. The van der Waals surface area contributed by atoms with Gasteiger partial charge in [0.1, 0.15) is 5.75 Å². The SMILES string of the molecule is O=C(O)COc1ccc(/C=N\NC(=S)Nc2ccccc2)cc1. The van der Waals surface area contributed by atoms with Gasteiger partial charge in [-0.25, -0.2) is 4.79 Å².